The summed E-state index contributed by atoms with van der Waals surface area (Å²) in [7, 11) is -3.57. The second-order valence-corrected chi connectivity index (χ2v) is 9.88. The lowest BCUT2D eigenvalue weighted by Crippen LogP contribution is -2.41. The zero-order valence-corrected chi connectivity index (χ0v) is 18.9. The maximum Gasteiger partial charge on any atom is 0.243 e. The molecule has 2 aromatic rings. The van der Waals surface area contributed by atoms with Gasteiger partial charge in [-0.05, 0) is 74.7 Å². The summed E-state index contributed by atoms with van der Waals surface area (Å²) in [6.45, 7) is 5.00. The molecule has 0 atom stereocenters. The van der Waals surface area contributed by atoms with Crippen LogP contribution in [0.1, 0.15) is 25.3 Å². The summed E-state index contributed by atoms with van der Waals surface area (Å²) in [5.74, 6) is 0.378. The van der Waals surface area contributed by atoms with Crippen LogP contribution in [0.25, 0.3) is 0 Å². The predicted octanol–water partition coefficient (Wildman–Crippen LogP) is 4.20. The number of anilines is 1. The summed E-state index contributed by atoms with van der Waals surface area (Å²) in [6.07, 6.45) is 0.995. The normalized spacial score (nSPS) is 15.8. The third kappa shape index (κ3) is 5.18. The van der Waals surface area contributed by atoms with Gasteiger partial charge in [0.2, 0.25) is 15.9 Å². The number of halogens is 1. The summed E-state index contributed by atoms with van der Waals surface area (Å²) in [4.78, 5) is 12.9. The molecule has 0 aromatic heterocycles. The van der Waals surface area contributed by atoms with Gasteiger partial charge in [-0.15, -0.1) is 0 Å². The molecule has 0 spiro atoms. The van der Waals surface area contributed by atoms with Crippen molar-refractivity contribution in [2.75, 3.05) is 25.0 Å². The van der Waals surface area contributed by atoms with E-state index in [1.165, 1.54) is 4.31 Å². The first-order valence-corrected chi connectivity index (χ1v) is 11.8. The van der Waals surface area contributed by atoms with Gasteiger partial charge in [0.1, 0.15) is 5.75 Å². The Morgan fingerprint density at radius 3 is 2.41 bits per heavy atom. The van der Waals surface area contributed by atoms with Crippen LogP contribution < -0.4 is 10.1 Å². The summed E-state index contributed by atoms with van der Waals surface area (Å²) in [6, 6.07) is 12.2. The van der Waals surface area contributed by atoms with E-state index < -0.39 is 10.0 Å². The molecular weight excluding hydrogens is 456 g/mol. The average Bonchev–Trinajstić information content (AvgIpc) is 2.71. The van der Waals surface area contributed by atoms with Crippen LogP contribution in [0.5, 0.6) is 5.75 Å². The molecule has 3 rings (SSSR count). The molecule has 1 N–H and O–H groups in total. The largest absolute Gasteiger partial charge is 0.494 e. The molecule has 6 nitrogen and oxygen atoms in total. The first-order valence-electron chi connectivity index (χ1n) is 9.61. The van der Waals surface area contributed by atoms with Crippen LogP contribution in [-0.2, 0) is 14.8 Å². The van der Waals surface area contributed by atoms with E-state index in [-0.39, 0.29) is 16.7 Å². The summed E-state index contributed by atoms with van der Waals surface area (Å²) >= 11 is 3.41. The summed E-state index contributed by atoms with van der Waals surface area (Å²) in [5, 5.41) is 2.97. The lowest BCUT2D eigenvalue weighted by molar-refractivity contribution is -0.120. The van der Waals surface area contributed by atoms with Crippen LogP contribution in [0.3, 0.4) is 0 Å². The highest BCUT2D eigenvalue weighted by Gasteiger charge is 2.32. The van der Waals surface area contributed by atoms with Gasteiger partial charge in [0.05, 0.1) is 11.5 Å². The number of hydrogen-bond acceptors (Lipinski definition) is 4. The number of piperidine rings is 1. The molecule has 2 aromatic carbocycles. The summed E-state index contributed by atoms with van der Waals surface area (Å²) < 4.78 is 33.5. The second-order valence-electron chi connectivity index (χ2n) is 7.03. The number of rotatable bonds is 6. The number of carbonyl (C=O) groups is 1. The number of hydrogen-bond donors (Lipinski definition) is 1. The van der Waals surface area contributed by atoms with Crippen molar-refractivity contribution < 1.29 is 17.9 Å². The first kappa shape index (κ1) is 21.8. The van der Waals surface area contributed by atoms with Crippen LogP contribution in [0.15, 0.2) is 51.8 Å². The van der Waals surface area contributed by atoms with Crippen molar-refractivity contribution in [1.29, 1.82) is 0 Å². The Morgan fingerprint density at radius 1 is 1.17 bits per heavy atom. The number of nitrogens with one attached hydrogen (secondary N) is 1. The average molecular weight is 481 g/mol. The number of aryl methyl sites for hydroxylation is 1. The molecule has 1 heterocycles. The first-order chi connectivity index (χ1) is 13.8. The molecule has 0 radical (unpaired) electrons. The molecule has 0 bridgehead atoms. The van der Waals surface area contributed by atoms with Gasteiger partial charge >= 0.3 is 0 Å². The number of amides is 1. The zero-order valence-electron chi connectivity index (χ0n) is 16.5. The zero-order chi connectivity index (χ0) is 21.0. The monoisotopic (exact) mass is 480 g/mol. The Bertz CT molecular complexity index is 969. The van der Waals surface area contributed by atoms with Gasteiger partial charge in [0, 0.05) is 29.2 Å². The van der Waals surface area contributed by atoms with Crippen LogP contribution in [-0.4, -0.2) is 38.3 Å². The Kier molecular flexibility index (Phi) is 6.97. The Labute approximate surface area is 180 Å². The molecule has 1 fully saturated rings. The van der Waals surface area contributed by atoms with Crippen molar-refractivity contribution in [1.82, 2.24) is 4.31 Å². The Hall–Kier alpha value is -1.90. The number of benzene rings is 2. The van der Waals surface area contributed by atoms with E-state index in [9.17, 15) is 13.2 Å². The maximum atomic E-state index is 12.9. The van der Waals surface area contributed by atoms with Crippen molar-refractivity contribution in [3.63, 3.8) is 0 Å². The fourth-order valence-corrected chi connectivity index (χ4v) is 5.33. The van der Waals surface area contributed by atoms with Crippen molar-refractivity contribution in [2.45, 2.75) is 31.6 Å². The molecule has 156 valence electrons. The number of nitrogens with zero attached hydrogens (tertiary/aromatic N) is 1. The van der Waals surface area contributed by atoms with Crippen LogP contribution in [0.2, 0.25) is 0 Å². The van der Waals surface area contributed by atoms with Gasteiger partial charge in [-0.2, -0.15) is 4.31 Å². The lowest BCUT2D eigenvalue weighted by atomic mass is 9.97. The fourth-order valence-electron chi connectivity index (χ4n) is 3.38. The Balaban J connectivity index is 1.61. The number of carbonyl (C=O) groups excluding carboxylic acids is 1. The van der Waals surface area contributed by atoms with E-state index >= 15 is 0 Å². The van der Waals surface area contributed by atoms with Gasteiger partial charge in [-0.3, -0.25) is 4.79 Å². The maximum absolute atomic E-state index is 12.9. The molecule has 0 aliphatic carbocycles. The van der Waals surface area contributed by atoms with Crippen LogP contribution in [0.4, 0.5) is 5.69 Å². The quantitative estimate of drug-likeness (QED) is 0.671. The molecule has 0 saturated carbocycles. The van der Waals surface area contributed by atoms with Crippen molar-refractivity contribution in [2.24, 2.45) is 5.92 Å². The molecule has 8 heteroatoms. The fraction of sp³-hybridized carbons (Fsp3) is 0.381. The number of ether oxygens (including phenoxy) is 1. The molecule has 1 aliphatic heterocycles. The topological polar surface area (TPSA) is 75.7 Å². The predicted molar refractivity (Wildman–Crippen MR) is 117 cm³/mol. The van der Waals surface area contributed by atoms with Gasteiger partial charge in [0.15, 0.2) is 0 Å². The van der Waals surface area contributed by atoms with E-state index in [2.05, 4.69) is 21.2 Å². The molecule has 1 aliphatic rings. The van der Waals surface area contributed by atoms with E-state index in [1.807, 2.05) is 32.0 Å². The minimum absolute atomic E-state index is 0.0615. The van der Waals surface area contributed by atoms with Crippen molar-refractivity contribution >= 4 is 37.5 Å². The van der Waals surface area contributed by atoms with Gasteiger partial charge in [-0.1, -0.05) is 15.9 Å². The van der Waals surface area contributed by atoms with E-state index in [0.717, 1.165) is 15.7 Å². The van der Waals surface area contributed by atoms with Gasteiger partial charge in [0.25, 0.3) is 0 Å². The van der Waals surface area contributed by atoms with E-state index in [0.29, 0.717) is 38.3 Å². The molecule has 0 unspecified atom stereocenters. The molecular formula is C21H25BrN2O4S. The highest BCUT2D eigenvalue weighted by Crippen LogP contribution is 2.27. The SMILES string of the molecule is CCOc1ccc(S(=O)(=O)N2CCC(C(=O)Nc3ccc(Br)cc3C)CC2)cc1. The lowest BCUT2D eigenvalue weighted by Gasteiger charge is -2.30. The molecule has 1 saturated heterocycles. The highest BCUT2D eigenvalue weighted by atomic mass is 79.9. The van der Waals surface area contributed by atoms with Crippen molar-refractivity contribution in [3.8, 4) is 5.75 Å². The standard InChI is InChI=1S/C21H25BrN2O4S/c1-3-28-18-5-7-19(8-6-18)29(26,27)24-12-10-16(11-13-24)21(25)23-20-9-4-17(22)14-15(20)2/h4-9,14,16H,3,10-13H2,1-2H3,(H,23,25). The smallest absolute Gasteiger partial charge is 0.243 e. The molecule has 29 heavy (non-hydrogen) atoms. The van der Waals surface area contributed by atoms with E-state index in [1.54, 1.807) is 24.3 Å². The minimum Gasteiger partial charge on any atom is -0.494 e. The molecule has 1 amide bonds. The van der Waals surface area contributed by atoms with Gasteiger partial charge in [-0.25, -0.2) is 8.42 Å². The Morgan fingerprint density at radius 2 is 1.83 bits per heavy atom. The van der Waals surface area contributed by atoms with Crippen LogP contribution >= 0.6 is 15.9 Å². The highest BCUT2D eigenvalue weighted by molar-refractivity contribution is 9.10. The van der Waals surface area contributed by atoms with Crippen molar-refractivity contribution in [3.05, 3.63) is 52.5 Å². The third-order valence-corrected chi connectivity index (χ3v) is 7.45. The number of sulfonamides is 1. The van der Waals surface area contributed by atoms with E-state index in [4.69, 9.17) is 4.74 Å². The minimum atomic E-state index is -3.57. The van der Waals surface area contributed by atoms with Gasteiger partial charge < -0.3 is 10.1 Å². The summed E-state index contributed by atoms with van der Waals surface area (Å²) in [5.41, 5.74) is 1.76. The second kappa shape index (κ2) is 9.28. The third-order valence-electron chi connectivity index (χ3n) is 5.04. The van der Waals surface area contributed by atoms with Crippen LogP contribution in [0, 0.1) is 12.8 Å².